The molecule has 0 aromatic heterocycles. The van der Waals surface area contributed by atoms with Gasteiger partial charge in [-0.2, -0.15) is 0 Å². The molecule has 7 heteroatoms. The summed E-state index contributed by atoms with van der Waals surface area (Å²) < 4.78 is 22.7. The summed E-state index contributed by atoms with van der Waals surface area (Å²) in [7, 11) is 0. The number of aryl methyl sites for hydroxylation is 1. The van der Waals surface area contributed by atoms with E-state index in [4.69, 9.17) is 24.1 Å². The molecule has 1 saturated carbocycles. The molecule has 234 valence electrons. The van der Waals surface area contributed by atoms with Crippen molar-refractivity contribution in [1.29, 1.82) is 0 Å². The molecule has 1 aliphatic heterocycles. The van der Waals surface area contributed by atoms with Crippen LogP contribution in [0.5, 0.6) is 0 Å². The Morgan fingerprint density at radius 3 is 2.24 bits per heavy atom. The molecular formula is C35H52O7. The van der Waals surface area contributed by atoms with Crippen LogP contribution in [0.4, 0.5) is 0 Å². The average Bonchev–Trinajstić information content (AvgIpc) is 3.02. The lowest BCUT2D eigenvalue weighted by atomic mass is 9.76. The molecule has 2 aliphatic rings. The van der Waals surface area contributed by atoms with Crippen LogP contribution >= 0.6 is 0 Å². The largest absolute Gasteiger partial charge is 0.462 e. The molecule has 1 N–H and O–H groups in total. The van der Waals surface area contributed by atoms with Crippen LogP contribution in [0.15, 0.2) is 48.6 Å². The zero-order valence-corrected chi connectivity index (χ0v) is 25.8. The first-order chi connectivity index (χ1) is 20.3. The van der Waals surface area contributed by atoms with Gasteiger partial charge in [0.25, 0.3) is 0 Å². The molecule has 1 unspecified atom stereocenters. The van der Waals surface area contributed by atoms with E-state index in [2.05, 4.69) is 44.3 Å². The molecule has 0 spiro atoms. The van der Waals surface area contributed by atoms with E-state index in [0.717, 1.165) is 12.3 Å². The number of hydrogen-bond acceptors (Lipinski definition) is 7. The lowest BCUT2D eigenvalue weighted by Crippen LogP contribution is -2.40. The third kappa shape index (κ3) is 11.3. The van der Waals surface area contributed by atoms with Crippen molar-refractivity contribution in [2.45, 2.75) is 96.7 Å². The molecule has 1 saturated heterocycles. The number of carbonyl (C=O) groups is 2. The van der Waals surface area contributed by atoms with Gasteiger partial charge in [0.05, 0.1) is 38.6 Å². The summed E-state index contributed by atoms with van der Waals surface area (Å²) in [6, 6.07) is 9.40. The third-order valence-corrected chi connectivity index (χ3v) is 8.71. The second-order valence-corrected chi connectivity index (χ2v) is 12.2. The van der Waals surface area contributed by atoms with E-state index in [1.54, 1.807) is 6.92 Å². The van der Waals surface area contributed by atoms with Gasteiger partial charge in [0.15, 0.2) is 6.29 Å². The van der Waals surface area contributed by atoms with E-state index >= 15 is 0 Å². The molecule has 42 heavy (non-hydrogen) atoms. The van der Waals surface area contributed by atoms with Crippen LogP contribution in [0.2, 0.25) is 0 Å². The number of carbonyl (C=O) groups excluding carboxylic acids is 2. The minimum atomic E-state index is -0.648. The fourth-order valence-electron chi connectivity index (χ4n) is 5.86. The van der Waals surface area contributed by atoms with Crippen molar-refractivity contribution in [3.05, 3.63) is 59.7 Å². The lowest BCUT2D eigenvalue weighted by Gasteiger charge is -2.35. The van der Waals surface area contributed by atoms with Crippen molar-refractivity contribution in [2.24, 2.45) is 17.8 Å². The second-order valence-electron chi connectivity index (χ2n) is 12.2. The Balaban J connectivity index is 1.38. The Bertz CT molecular complexity index is 985. The van der Waals surface area contributed by atoms with Crippen LogP contribution in [-0.2, 0) is 35.0 Å². The van der Waals surface area contributed by atoms with Gasteiger partial charge in [-0.05, 0) is 81.3 Å². The standard InChI is InChI=1S/C35H52O7/c1-5-6-7-8-27-11-15-30(16-12-27)31-17-13-28(14-18-31)9-10-29-22-41-35(42-23-29)32(24-40-33(37)25(2)3)19-20-39-34(38)26(4)21-36/h11-12,15-16,28-29,31-32,35-36H,2,4-10,13-14,17-24H2,1,3H3. The molecule has 7 nitrogen and oxygen atoms in total. The Hall–Kier alpha value is -2.48. The van der Waals surface area contributed by atoms with Gasteiger partial charge in [0, 0.05) is 17.4 Å². The lowest BCUT2D eigenvalue weighted by molar-refractivity contribution is -0.233. The zero-order valence-electron chi connectivity index (χ0n) is 25.8. The molecular weight excluding hydrogens is 532 g/mol. The molecule has 0 amide bonds. The molecule has 1 heterocycles. The molecule has 0 radical (unpaired) electrons. The summed E-state index contributed by atoms with van der Waals surface area (Å²) in [5.41, 5.74) is 3.28. The first-order valence-corrected chi connectivity index (χ1v) is 15.9. The first-order valence-electron chi connectivity index (χ1n) is 15.9. The summed E-state index contributed by atoms with van der Waals surface area (Å²) in [5.74, 6) is 0.350. The van der Waals surface area contributed by atoms with Crippen LogP contribution in [0, 0.1) is 17.8 Å². The fraction of sp³-hybridized carbons (Fsp3) is 0.657. The molecule has 1 aromatic carbocycles. The summed E-state index contributed by atoms with van der Waals surface area (Å²) in [5, 5.41) is 9.06. The van der Waals surface area contributed by atoms with Gasteiger partial charge in [-0.15, -0.1) is 0 Å². The minimum Gasteiger partial charge on any atom is -0.462 e. The fourth-order valence-corrected chi connectivity index (χ4v) is 5.86. The van der Waals surface area contributed by atoms with Crippen molar-refractivity contribution in [2.75, 3.05) is 33.0 Å². The van der Waals surface area contributed by atoms with Crippen LogP contribution < -0.4 is 0 Å². The Kier molecular flexibility index (Phi) is 14.8. The van der Waals surface area contributed by atoms with Crippen LogP contribution in [-0.4, -0.2) is 56.4 Å². The first kappa shape index (κ1) is 34.0. The number of benzene rings is 1. The normalized spacial score (nSPS) is 23.1. The van der Waals surface area contributed by atoms with E-state index in [-0.39, 0.29) is 24.7 Å². The van der Waals surface area contributed by atoms with E-state index in [9.17, 15) is 9.59 Å². The second kappa shape index (κ2) is 18.2. The Morgan fingerprint density at radius 1 is 0.952 bits per heavy atom. The average molecular weight is 585 g/mol. The van der Waals surface area contributed by atoms with E-state index in [1.807, 2.05) is 0 Å². The van der Waals surface area contributed by atoms with Crippen molar-refractivity contribution in [1.82, 2.24) is 0 Å². The Morgan fingerprint density at radius 2 is 1.62 bits per heavy atom. The maximum Gasteiger partial charge on any atom is 0.335 e. The highest BCUT2D eigenvalue weighted by Gasteiger charge is 2.31. The van der Waals surface area contributed by atoms with Crippen molar-refractivity contribution < 1.29 is 33.6 Å². The molecule has 3 rings (SSSR count). The summed E-state index contributed by atoms with van der Waals surface area (Å²) >= 11 is 0. The highest BCUT2D eigenvalue weighted by molar-refractivity contribution is 5.88. The highest BCUT2D eigenvalue weighted by atomic mass is 16.7. The van der Waals surface area contributed by atoms with Gasteiger partial charge >= 0.3 is 11.9 Å². The van der Waals surface area contributed by atoms with Gasteiger partial charge in [0.1, 0.15) is 0 Å². The number of hydrogen-bond donors (Lipinski definition) is 1. The van der Waals surface area contributed by atoms with Crippen molar-refractivity contribution >= 4 is 11.9 Å². The van der Waals surface area contributed by atoms with Gasteiger partial charge in [-0.3, -0.25) is 0 Å². The van der Waals surface area contributed by atoms with Crippen LogP contribution in [0.3, 0.4) is 0 Å². The minimum absolute atomic E-state index is 0.00595. The van der Waals surface area contributed by atoms with Gasteiger partial charge in [0.2, 0.25) is 0 Å². The highest BCUT2D eigenvalue weighted by Crippen LogP contribution is 2.38. The van der Waals surface area contributed by atoms with Crippen molar-refractivity contribution in [3.8, 4) is 0 Å². The van der Waals surface area contributed by atoms with Crippen molar-refractivity contribution in [3.63, 3.8) is 0 Å². The van der Waals surface area contributed by atoms with E-state index < -0.39 is 24.8 Å². The number of rotatable bonds is 17. The predicted molar refractivity (Wildman–Crippen MR) is 164 cm³/mol. The maximum absolute atomic E-state index is 12.0. The van der Waals surface area contributed by atoms with Crippen LogP contribution in [0.1, 0.15) is 95.1 Å². The molecule has 1 atom stereocenters. The van der Waals surface area contributed by atoms with E-state index in [0.29, 0.717) is 37.0 Å². The van der Waals surface area contributed by atoms with E-state index in [1.165, 1.54) is 68.9 Å². The van der Waals surface area contributed by atoms with Gasteiger partial charge in [-0.1, -0.05) is 63.6 Å². The molecule has 1 aromatic rings. The zero-order chi connectivity index (χ0) is 30.3. The monoisotopic (exact) mass is 584 g/mol. The summed E-state index contributed by atoms with van der Waals surface area (Å²) in [6.45, 7) is 11.8. The maximum atomic E-state index is 12.0. The SMILES string of the molecule is C=C(C)C(=O)OCC(CCOC(=O)C(=C)CO)C1OCC(CCC2CCC(c3ccc(CCCCC)cc3)CC2)CO1. The van der Waals surface area contributed by atoms with Gasteiger partial charge in [-0.25, -0.2) is 9.59 Å². The summed E-state index contributed by atoms with van der Waals surface area (Å²) in [6.07, 6.45) is 12.2. The summed E-state index contributed by atoms with van der Waals surface area (Å²) in [4.78, 5) is 23.8. The molecule has 1 aliphatic carbocycles. The quantitative estimate of drug-likeness (QED) is 0.124. The Labute approximate surface area is 252 Å². The number of ether oxygens (including phenoxy) is 4. The number of aliphatic hydroxyl groups excluding tert-OH is 1. The molecule has 2 fully saturated rings. The number of aliphatic hydroxyl groups is 1. The number of esters is 2. The molecule has 0 bridgehead atoms. The third-order valence-electron chi connectivity index (χ3n) is 8.71. The van der Waals surface area contributed by atoms with Gasteiger partial charge < -0.3 is 24.1 Å². The predicted octanol–water partition coefficient (Wildman–Crippen LogP) is 6.68. The smallest absolute Gasteiger partial charge is 0.335 e. The van der Waals surface area contributed by atoms with Crippen LogP contribution in [0.25, 0.3) is 0 Å². The topological polar surface area (TPSA) is 91.3 Å². The number of unbranched alkanes of at least 4 members (excludes halogenated alkanes) is 2.